The van der Waals surface area contributed by atoms with E-state index in [1.165, 1.54) is 42.5 Å². The average Bonchev–Trinajstić information content (AvgIpc) is 3.29. The van der Waals surface area contributed by atoms with Crippen LogP contribution in [0.4, 0.5) is 0 Å². The highest BCUT2D eigenvalue weighted by molar-refractivity contribution is 7.89. The minimum Gasteiger partial charge on any atom is -0.497 e. The second-order valence-electron chi connectivity index (χ2n) is 9.02. The smallest absolute Gasteiger partial charge is 0.243 e. The van der Waals surface area contributed by atoms with Crippen LogP contribution in [0.5, 0.6) is 5.75 Å². The van der Waals surface area contributed by atoms with Crippen LogP contribution in [0.15, 0.2) is 52.0 Å². The zero-order valence-electron chi connectivity index (χ0n) is 20.6. The lowest BCUT2D eigenvalue weighted by Gasteiger charge is -2.36. The average molecular weight is 494 g/mol. The van der Waals surface area contributed by atoms with E-state index in [2.05, 4.69) is 10.0 Å². The number of furan rings is 1. The molecule has 10 heteroatoms. The third-order valence-corrected chi connectivity index (χ3v) is 7.01. The standard InChI is InChI=1S/C24H35N3O6S/c1-7-24(4,5)26-23(29)22(17(2)3)27(16-19-9-8-14-33-19)21(28)15-25-34(30,31)20-12-10-18(32-6)11-13-20/h8-14,17,22,25H,7,15-16H2,1-6H3,(H,26,29)/t22-/m1/s1. The van der Waals surface area contributed by atoms with Crippen LogP contribution in [0.1, 0.15) is 46.8 Å². The zero-order valence-corrected chi connectivity index (χ0v) is 21.4. The van der Waals surface area contributed by atoms with Crippen molar-refractivity contribution in [1.29, 1.82) is 0 Å². The number of nitrogens with zero attached hydrogens (tertiary/aromatic N) is 1. The molecule has 0 aliphatic rings. The molecule has 1 heterocycles. The third-order valence-electron chi connectivity index (χ3n) is 5.59. The number of rotatable bonds is 12. The summed E-state index contributed by atoms with van der Waals surface area (Å²) < 4.78 is 38.2. The SMILES string of the molecule is CCC(C)(C)NC(=O)[C@@H](C(C)C)N(Cc1ccco1)C(=O)CNS(=O)(=O)c1ccc(OC)cc1. The molecular weight excluding hydrogens is 458 g/mol. The number of sulfonamides is 1. The minimum atomic E-state index is -3.95. The van der Waals surface area contributed by atoms with Crippen molar-refractivity contribution in [3.63, 3.8) is 0 Å². The van der Waals surface area contributed by atoms with E-state index in [0.29, 0.717) is 17.9 Å². The van der Waals surface area contributed by atoms with Gasteiger partial charge in [-0.15, -0.1) is 0 Å². The van der Waals surface area contributed by atoms with Crippen molar-refractivity contribution in [2.24, 2.45) is 5.92 Å². The topological polar surface area (TPSA) is 118 Å². The van der Waals surface area contributed by atoms with Crippen molar-refractivity contribution in [3.8, 4) is 5.75 Å². The van der Waals surface area contributed by atoms with Gasteiger partial charge in [0.15, 0.2) is 0 Å². The van der Waals surface area contributed by atoms with Crippen LogP contribution in [0.25, 0.3) is 0 Å². The van der Waals surface area contributed by atoms with E-state index >= 15 is 0 Å². The molecule has 0 saturated heterocycles. The number of nitrogens with one attached hydrogen (secondary N) is 2. The second kappa shape index (κ2) is 11.5. The number of benzene rings is 1. The molecule has 188 valence electrons. The molecule has 1 aromatic heterocycles. The minimum absolute atomic E-state index is 0.00142. The van der Waals surface area contributed by atoms with Crippen LogP contribution in [0.3, 0.4) is 0 Å². The van der Waals surface area contributed by atoms with Gasteiger partial charge in [-0.25, -0.2) is 13.1 Å². The van der Waals surface area contributed by atoms with E-state index in [4.69, 9.17) is 9.15 Å². The van der Waals surface area contributed by atoms with E-state index in [0.717, 1.165) is 0 Å². The van der Waals surface area contributed by atoms with E-state index < -0.39 is 34.1 Å². The molecular formula is C24H35N3O6S. The predicted molar refractivity (Wildman–Crippen MR) is 129 cm³/mol. The fourth-order valence-electron chi connectivity index (χ4n) is 3.31. The van der Waals surface area contributed by atoms with Gasteiger partial charge in [-0.2, -0.15) is 0 Å². The summed E-state index contributed by atoms with van der Waals surface area (Å²) in [5, 5.41) is 3.00. The highest BCUT2D eigenvalue weighted by Gasteiger charge is 2.35. The number of carbonyl (C=O) groups excluding carboxylic acids is 2. The normalized spacial score (nSPS) is 12.9. The Labute approximate surface area is 201 Å². The highest BCUT2D eigenvalue weighted by atomic mass is 32.2. The summed E-state index contributed by atoms with van der Waals surface area (Å²) in [5.74, 6) is -0.0822. The largest absolute Gasteiger partial charge is 0.497 e. The predicted octanol–water partition coefficient (Wildman–Crippen LogP) is 2.92. The van der Waals surface area contributed by atoms with Gasteiger partial charge >= 0.3 is 0 Å². The van der Waals surface area contributed by atoms with Gasteiger partial charge in [-0.1, -0.05) is 20.8 Å². The van der Waals surface area contributed by atoms with E-state index in [1.807, 2.05) is 34.6 Å². The number of amides is 2. The molecule has 2 amide bonds. The van der Waals surface area contributed by atoms with Crippen LogP contribution in [0, 0.1) is 5.92 Å². The maximum Gasteiger partial charge on any atom is 0.243 e. The molecule has 0 saturated carbocycles. The molecule has 0 fully saturated rings. The summed E-state index contributed by atoms with van der Waals surface area (Å²) >= 11 is 0. The van der Waals surface area contributed by atoms with Gasteiger partial charge in [0.1, 0.15) is 17.6 Å². The van der Waals surface area contributed by atoms with Crippen LogP contribution in [-0.2, 0) is 26.2 Å². The van der Waals surface area contributed by atoms with Crippen LogP contribution in [-0.4, -0.2) is 50.4 Å². The lowest BCUT2D eigenvalue weighted by Crippen LogP contribution is -2.57. The summed E-state index contributed by atoms with van der Waals surface area (Å²) in [5.41, 5.74) is -0.459. The van der Waals surface area contributed by atoms with Gasteiger partial charge in [0.2, 0.25) is 21.8 Å². The molecule has 1 atom stereocenters. The van der Waals surface area contributed by atoms with Gasteiger partial charge in [-0.3, -0.25) is 9.59 Å². The van der Waals surface area contributed by atoms with Gasteiger partial charge in [0, 0.05) is 5.54 Å². The molecule has 34 heavy (non-hydrogen) atoms. The molecule has 0 radical (unpaired) electrons. The quantitative estimate of drug-likeness (QED) is 0.469. The Balaban J connectivity index is 2.27. The molecule has 9 nitrogen and oxygen atoms in total. The first-order valence-electron chi connectivity index (χ1n) is 11.2. The first kappa shape index (κ1) is 27.4. The Morgan fingerprint density at radius 3 is 2.29 bits per heavy atom. The molecule has 0 aliphatic carbocycles. The van der Waals surface area contributed by atoms with Crippen molar-refractivity contribution >= 4 is 21.8 Å². The fourth-order valence-corrected chi connectivity index (χ4v) is 4.28. The van der Waals surface area contributed by atoms with Crippen molar-refractivity contribution < 1.29 is 27.2 Å². The van der Waals surface area contributed by atoms with Crippen LogP contribution >= 0.6 is 0 Å². The van der Waals surface area contributed by atoms with Gasteiger partial charge in [0.25, 0.3) is 0 Å². The number of carbonyl (C=O) groups is 2. The van der Waals surface area contributed by atoms with E-state index in [1.54, 1.807) is 12.1 Å². The summed E-state index contributed by atoms with van der Waals surface area (Å²) in [6.07, 6.45) is 2.19. The fraction of sp³-hybridized carbons (Fsp3) is 0.500. The van der Waals surface area contributed by atoms with E-state index in [-0.39, 0.29) is 23.3 Å². The molecule has 0 aliphatic heterocycles. The molecule has 2 aromatic rings. The first-order chi connectivity index (χ1) is 15.9. The van der Waals surface area contributed by atoms with Crippen LogP contribution < -0.4 is 14.8 Å². The van der Waals surface area contributed by atoms with Gasteiger partial charge in [0.05, 0.1) is 31.4 Å². The number of ether oxygens (including phenoxy) is 1. The highest BCUT2D eigenvalue weighted by Crippen LogP contribution is 2.19. The number of methoxy groups -OCH3 is 1. The number of hydrogen-bond donors (Lipinski definition) is 2. The Bertz CT molecular complexity index is 1050. The summed E-state index contributed by atoms with van der Waals surface area (Å²) in [6, 6.07) is 8.39. The van der Waals surface area contributed by atoms with Crippen LogP contribution in [0.2, 0.25) is 0 Å². The lowest BCUT2D eigenvalue weighted by atomic mass is 9.97. The van der Waals surface area contributed by atoms with Gasteiger partial charge in [-0.05, 0) is 62.6 Å². The van der Waals surface area contributed by atoms with Gasteiger partial charge < -0.3 is 19.4 Å². The second-order valence-corrected chi connectivity index (χ2v) is 10.8. The Kier molecular flexibility index (Phi) is 9.29. The van der Waals surface area contributed by atoms with Crippen molar-refractivity contribution in [3.05, 3.63) is 48.4 Å². The zero-order chi connectivity index (χ0) is 25.5. The van der Waals surface area contributed by atoms with Crippen molar-refractivity contribution in [2.75, 3.05) is 13.7 Å². The maximum atomic E-state index is 13.3. The molecule has 0 spiro atoms. The molecule has 2 N–H and O–H groups in total. The molecule has 0 bridgehead atoms. The van der Waals surface area contributed by atoms with Crippen molar-refractivity contribution in [1.82, 2.24) is 14.9 Å². The maximum absolute atomic E-state index is 13.3. The number of hydrogen-bond acceptors (Lipinski definition) is 6. The Morgan fingerprint density at radius 1 is 1.15 bits per heavy atom. The molecule has 1 aromatic carbocycles. The van der Waals surface area contributed by atoms with E-state index in [9.17, 15) is 18.0 Å². The Hall–Kier alpha value is -2.85. The monoisotopic (exact) mass is 493 g/mol. The molecule has 0 unspecified atom stereocenters. The summed E-state index contributed by atoms with van der Waals surface area (Å²) in [7, 11) is -2.47. The summed E-state index contributed by atoms with van der Waals surface area (Å²) in [4.78, 5) is 27.9. The summed E-state index contributed by atoms with van der Waals surface area (Å²) in [6.45, 7) is 8.97. The Morgan fingerprint density at radius 2 is 1.79 bits per heavy atom. The third kappa shape index (κ3) is 7.33. The van der Waals surface area contributed by atoms with Crippen molar-refractivity contribution in [2.45, 2.75) is 64.1 Å². The lowest BCUT2D eigenvalue weighted by molar-refractivity contribution is -0.143. The first-order valence-corrected chi connectivity index (χ1v) is 12.7. The molecule has 2 rings (SSSR count).